The molecule has 37 heavy (non-hydrogen) atoms. The Hall–Kier alpha value is -4.17. The molecule has 0 bridgehead atoms. The maximum atomic E-state index is 13.0. The van der Waals surface area contributed by atoms with Gasteiger partial charge in [-0.1, -0.05) is 25.1 Å². The monoisotopic (exact) mass is 498 g/mol. The van der Waals surface area contributed by atoms with Crippen LogP contribution in [0.3, 0.4) is 0 Å². The first-order valence-electron chi connectivity index (χ1n) is 12.3. The van der Waals surface area contributed by atoms with Crippen molar-refractivity contribution in [2.24, 2.45) is 0 Å². The van der Waals surface area contributed by atoms with Gasteiger partial charge in [-0.2, -0.15) is 0 Å². The number of aryl methyl sites for hydroxylation is 3. The van der Waals surface area contributed by atoms with E-state index in [9.17, 15) is 4.79 Å². The van der Waals surface area contributed by atoms with Gasteiger partial charge in [0, 0.05) is 11.8 Å². The van der Waals surface area contributed by atoms with Crippen molar-refractivity contribution in [3.05, 3.63) is 88.4 Å². The smallest absolute Gasteiger partial charge is 0.291 e. The fourth-order valence-corrected chi connectivity index (χ4v) is 4.41. The Morgan fingerprint density at radius 1 is 1.08 bits per heavy atom. The zero-order chi connectivity index (χ0) is 26.2. The quantitative estimate of drug-likeness (QED) is 0.289. The Labute approximate surface area is 216 Å². The van der Waals surface area contributed by atoms with Gasteiger partial charge in [-0.15, -0.1) is 0 Å². The first-order chi connectivity index (χ1) is 17.7. The van der Waals surface area contributed by atoms with Gasteiger partial charge in [0.25, 0.3) is 11.9 Å². The van der Waals surface area contributed by atoms with Crippen LogP contribution in [0.2, 0.25) is 0 Å². The summed E-state index contributed by atoms with van der Waals surface area (Å²) in [4.78, 5) is 22.2. The lowest BCUT2D eigenvalue weighted by molar-refractivity contribution is -0.00795. The standard InChI is InChI=1S/C29H30N4O4/c1-6-22-26(18(3)30-28(32-22)31-20-10-8-7-9-11-20)33-27(34)23-12-13-25(36-23)37-24-15-21-19(14-17(24)2)16-35-29(21,4)5/h7-15H,6,16H2,1-5H3,(H,33,34)(H,30,31,32). The molecule has 3 heterocycles. The number of ether oxygens (including phenoxy) is 2. The SMILES string of the molecule is CCc1nc(Nc2ccccc2)nc(C)c1NC(=O)c1ccc(Oc2cc3c(cc2C)COC3(C)C)o1. The molecule has 2 aromatic carbocycles. The molecule has 1 aliphatic rings. The number of aromatic nitrogens is 2. The summed E-state index contributed by atoms with van der Waals surface area (Å²) in [5.74, 6) is 1.10. The summed E-state index contributed by atoms with van der Waals surface area (Å²) in [6.07, 6.45) is 0.618. The van der Waals surface area contributed by atoms with Crippen LogP contribution < -0.4 is 15.4 Å². The van der Waals surface area contributed by atoms with Crippen LogP contribution in [0.1, 0.15) is 59.4 Å². The molecule has 0 saturated carbocycles. The Bertz CT molecular complexity index is 1460. The van der Waals surface area contributed by atoms with E-state index in [1.807, 2.05) is 71.0 Å². The predicted octanol–water partition coefficient (Wildman–Crippen LogP) is 6.80. The highest BCUT2D eigenvalue weighted by Crippen LogP contribution is 2.40. The largest absolute Gasteiger partial charge is 0.426 e. The van der Waals surface area contributed by atoms with Gasteiger partial charge in [0.1, 0.15) is 5.75 Å². The number of amides is 1. The number of anilines is 3. The third-order valence-corrected chi connectivity index (χ3v) is 6.42. The van der Waals surface area contributed by atoms with Gasteiger partial charge in [0.05, 0.1) is 29.3 Å². The number of furan rings is 1. The van der Waals surface area contributed by atoms with E-state index in [-0.39, 0.29) is 17.3 Å². The zero-order valence-corrected chi connectivity index (χ0v) is 21.6. The summed E-state index contributed by atoms with van der Waals surface area (Å²) in [5, 5.41) is 6.12. The van der Waals surface area contributed by atoms with Crippen molar-refractivity contribution >= 4 is 23.2 Å². The predicted molar refractivity (Wildman–Crippen MR) is 142 cm³/mol. The summed E-state index contributed by atoms with van der Waals surface area (Å²) < 4.78 is 17.6. The molecule has 190 valence electrons. The molecule has 1 aliphatic heterocycles. The summed E-state index contributed by atoms with van der Waals surface area (Å²) in [7, 11) is 0. The first-order valence-corrected chi connectivity index (χ1v) is 12.3. The third kappa shape index (κ3) is 5.06. The molecule has 0 aliphatic carbocycles. The lowest BCUT2D eigenvalue weighted by Crippen LogP contribution is -2.16. The van der Waals surface area contributed by atoms with Crippen LogP contribution >= 0.6 is 0 Å². The second-order valence-electron chi connectivity index (χ2n) is 9.55. The van der Waals surface area contributed by atoms with Crippen LogP contribution in [-0.2, 0) is 23.4 Å². The molecule has 4 aromatic rings. The molecule has 0 radical (unpaired) electrons. The average molecular weight is 499 g/mol. The van der Waals surface area contributed by atoms with E-state index in [0.29, 0.717) is 36.1 Å². The number of benzene rings is 2. The van der Waals surface area contributed by atoms with Gasteiger partial charge in [-0.3, -0.25) is 4.79 Å². The molecule has 5 rings (SSSR count). The minimum atomic E-state index is -0.403. The van der Waals surface area contributed by atoms with E-state index in [0.717, 1.165) is 28.1 Å². The topological polar surface area (TPSA) is 98.5 Å². The van der Waals surface area contributed by atoms with Crippen LogP contribution in [0.4, 0.5) is 17.3 Å². The second-order valence-corrected chi connectivity index (χ2v) is 9.55. The van der Waals surface area contributed by atoms with Crippen LogP contribution in [0.25, 0.3) is 0 Å². The number of nitrogens with zero attached hydrogens (tertiary/aromatic N) is 2. The summed E-state index contributed by atoms with van der Waals surface area (Å²) in [5.41, 5.74) is 5.67. The number of carbonyl (C=O) groups excluding carboxylic acids is 1. The summed E-state index contributed by atoms with van der Waals surface area (Å²) >= 11 is 0. The van der Waals surface area contributed by atoms with Crippen molar-refractivity contribution in [3.63, 3.8) is 0 Å². The molecule has 1 amide bonds. The number of hydrogen-bond donors (Lipinski definition) is 2. The molecule has 2 N–H and O–H groups in total. The number of carbonyl (C=O) groups is 1. The van der Waals surface area contributed by atoms with E-state index in [1.54, 1.807) is 12.1 Å². The van der Waals surface area contributed by atoms with Crippen molar-refractivity contribution in [2.45, 2.75) is 53.2 Å². The maximum absolute atomic E-state index is 13.0. The number of hydrogen-bond acceptors (Lipinski definition) is 7. The molecule has 8 heteroatoms. The van der Waals surface area contributed by atoms with Crippen LogP contribution in [0.5, 0.6) is 11.7 Å². The Morgan fingerprint density at radius 3 is 2.62 bits per heavy atom. The molecule has 0 saturated heterocycles. The minimum Gasteiger partial charge on any atom is -0.426 e. The highest BCUT2D eigenvalue weighted by Gasteiger charge is 2.32. The molecule has 0 spiro atoms. The lowest BCUT2D eigenvalue weighted by atomic mass is 9.94. The van der Waals surface area contributed by atoms with Gasteiger partial charge in [0.15, 0.2) is 5.76 Å². The molecule has 8 nitrogen and oxygen atoms in total. The highest BCUT2D eigenvalue weighted by atomic mass is 16.6. The van der Waals surface area contributed by atoms with Gasteiger partial charge >= 0.3 is 0 Å². The lowest BCUT2D eigenvalue weighted by Gasteiger charge is -2.19. The summed E-state index contributed by atoms with van der Waals surface area (Å²) in [6, 6.07) is 17.0. The number of para-hydroxylation sites is 1. The van der Waals surface area contributed by atoms with Crippen molar-refractivity contribution in [2.75, 3.05) is 10.6 Å². The van der Waals surface area contributed by atoms with E-state index in [4.69, 9.17) is 13.9 Å². The van der Waals surface area contributed by atoms with E-state index in [1.165, 1.54) is 0 Å². The van der Waals surface area contributed by atoms with Crippen LogP contribution in [-0.4, -0.2) is 15.9 Å². The van der Waals surface area contributed by atoms with Crippen molar-refractivity contribution in [1.29, 1.82) is 0 Å². The zero-order valence-electron chi connectivity index (χ0n) is 21.6. The Kier molecular flexibility index (Phi) is 6.43. The Morgan fingerprint density at radius 2 is 1.86 bits per heavy atom. The van der Waals surface area contributed by atoms with Gasteiger partial charge in [-0.05, 0) is 81.1 Å². The van der Waals surface area contributed by atoms with Crippen LogP contribution in [0, 0.1) is 13.8 Å². The van der Waals surface area contributed by atoms with Crippen molar-refractivity contribution < 1.29 is 18.7 Å². The van der Waals surface area contributed by atoms with Crippen molar-refractivity contribution in [3.8, 4) is 11.7 Å². The second kappa shape index (κ2) is 9.71. The van der Waals surface area contributed by atoms with E-state index >= 15 is 0 Å². The van der Waals surface area contributed by atoms with Crippen molar-refractivity contribution in [1.82, 2.24) is 9.97 Å². The summed E-state index contributed by atoms with van der Waals surface area (Å²) in [6.45, 7) is 10.4. The minimum absolute atomic E-state index is 0.130. The first kappa shape index (κ1) is 24.5. The molecule has 2 aromatic heterocycles. The van der Waals surface area contributed by atoms with E-state index < -0.39 is 5.91 Å². The molecule has 0 fully saturated rings. The molecular formula is C29H30N4O4. The fraction of sp³-hybridized carbons (Fsp3) is 0.276. The normalized spacial score (nSPS) is 13.8. The molecule has 0 unspecified atom stereocenters. The van der Waals surface area contributed by atoms with Gasteiger partial charge in [0.2, 0.25) is 5.95 Å². The third-order valence-electron chi connectivity index (χ3n) is 6.42. The molecular weight excluding hydrogens is 468 g/mol. The number of fused-ring (bicyclic) bond motifs is 1. The number of nitrogens with one attached hydrogen (secondary N) is 2. The van der Waals surface area contributed by atoms with Gasteiger partial charge < -0.3 is 24.5 Å². The average Bonchev–Trinajstić information content (AvgIpc) is 3.45. The van der Waals surface area contributed by atoms with E-state index in [2.05, 4.69) is 26.7 Å². The maximum Gasteiger partial charge on any atom is 0.291 e. The van der Waals surface area contributed by atoms with Crippen LogP contribution in [0.15, 0.2) is 59.0 Å². The van der Waals surface area contributed by atoms with Gasteiger partial charge in [-0.25, -0.2) is 9.97 Å². The Balaban J connectivity index is 1.32. The molecule has 0 atom stereocenters. The highest BCUT2D eigenvalue weighted by molar-refractivity contribution is 6.03. The number of rotatable bonds is 7. The fourth-order valence-electron chi connectivity index (χ4n) is 4.41.